The van der Waals surface area contributed by atoms with Crippen molar-refractivity contribution in [2.24, 2.45) is 0 Å². The van der Waals surface area contributed by atoms with Crippen molar-refractivity contribution >= 4 is 11.6 Å². The highest BCUT2D eigenvalue weighted by Gasteiger charge is 2.24. The van der Waals surface area contributed by atoms with Gasteiger partial charge in [-0.05, 0) is 31.9 Å². The van der Waals surface area contributed by atoms with Crippen LogP contribution in [0, 0.1) is 0 Å². The molecule has 2 atom stereocenters. The second kappa shape index (κ2) is 6.51. The molecule has 0 aromatic carbocycles. The van der Waals surface area contributed by atoms with E-state index >= 15 is 0 Å². The molecule has 2 unspecified atom stereocenters. The summed E-state index contributed by atoms with van der Waals surface area (Å²) < 4.78 is 1.75. The molecule has 0 spiro atoms. The van der Waals surface area contributed by atoms with Gasteiger partial charge in [0.2, 0.25) is 5.95 Å². The predicted molar refractivity (Wildman–Crippen MR) is 79.6 cm³/mol. The van der Waals surface area contributed by atoms with Gasteiger partial charge in [0.25, 0.3) is 0 Å². The minimum atomic E-state index is 0.204. The third kappa shape index (κ3) is 3.40. The monoisotopic (exact) mass is 307 g/mol. The number of aliphatic hydroxyl groups is 1. The molecular weight excluding hydrogens is 290 g/mol. The fourth-order valence-electron chi connectivity index (χ4n) is 2.78. The standard InChI is InChI=1S/C14H18ClN5O/c15-13-8-12(10-1-3-17-11(7-10)2-6-21)18-14(19-13)20-5-4-16-9-20/h4-5,8-11,17,21H,1-3,6-7H2. The molecule has 0 amide bonds. The molecule has 2 aromatic rings. The van der Waals surface area contributed by atoms with Crippen molar-refractivity contribution in [3.8, 4) is 5.95 Å². The van der Waals surface area contributed by atoms with E-state index in [9.17, 15) is 0 Å². The van der Waals surface area contributed by atoms with Crippen LogP contribution in [0.15, 0.2) is 24.8 Å². The Morgan fingerprint density at radius 2 is 2.33 bits per heavy atom. The number of halogens is 1. The predicted octanol–water partition coefficient (Wildman–Crippen LogP) is 1.53. The number of aromatic nitrogens is 4. The Labute approximate surface area is 128 Å². The average Bonchev–Trinajstić information content (AvgIpc) is 3.01. The van der Waals surface area contributed by atoms with Crippen molar-refractivity contribution in [1.82, 2.24) is 24.8 Å². The molecule has 2 aromatic heterocycles. The van der Waals surface area contributed by atoms with Crippen LogP contribution >= 0.6 is 11.6 Å². The number of imidazole rings is 1. The van der Waals surface area contributed by atoms with Gasteiger partial charge in [-0.2, -0.15) is 0 Å². The first-order chi connectivity index (χ1) is 10.3. The molecule has 2 N–H and O–H groups in total. The lowest BCUT2D eigenvalue weighted by molar-refractivity contribution is 0.242. The molecule has 1 aliphatic heterocycles. The zero-order valence-electron chi connectivity index (χ0n) is 11.6. The number of nitrogens with one attached hydrogen (secondary N) is 1. The molecule has 112 valence electrons. The number of hydrogen-bond acceptors (Lipinski definition) is 5. The zero-order valence-corrected chi connectivity index (χ0v) is 12.4. The number of hydrogen-bond donors (Lipinski definition) is 2. The van der Waals surface area contributed by atoms with E-state index < -0.39 is 0 Å². The van der Waals surface area contributed by atoms with Crippen molar-refractivity contribution in [1.29, 1.82) is 0 Å². The fraction of sp³-hybridized carbons (Fsp3) is 0.500. The van der Waals surface area contributed by atoms with Gasteiger partial charge < -0.3 is 10.4 Å². The molecule has 21 heavy (non-hydrogen) atoms. The van der Waals surface area contributed by atoms with Crippen LogP contribution in [0.5, 0.6) is 0 Å². The van der Waals surface area contributed by atoms with Gasteiger partial charge >= 0.3 is 0 Å². The van der Waals surface area contributed by atoms with Crippen LogP contribution in [0.2, 0.25) is 5.15 Å². The highest BCUT2D eigenvalue weighted by molar-refractivity contribution is 6.29. The Bertz CT molecular complexity index is 587. The van der Waals surface area contributed by atoms with Crippen molar-refractivity contribution in [3.63, 3.8) is 0 Å². The smallest absolute Gasteiger partial charge is 0.236 e. The van der Waals surface area contributed by atoms with E-state index in [0.29, 0.717) is 23.1 Å². The summed E-state index contributed by atoms with van der Waals surface area (Å²) >= 11 is 6.14. The van der Waals surface area contributed by atoms with Crippen LogP contribution in [0.1, 0.15) is 30.9 Å². The van der Waals surface area contributed by atoms with Crippen molar-refractivity contribution in [2.75, 3.05) is 13.2 Å². The molecule has 0 saturated carbocycles. The van der Waals surface area contributed by atoms with E-state index in [1.54, 1.807) is 23.3 Å². The third-order valence-electron chi connectivity index (χ3n) is 3.83. The van der Waals surface area contributed by atoms with Crippen LogP contribution in [0.3, 0.4) is 0 Å². The van der Waals surface area contributed by atoms with E-state index in [2.05, 4.69) is 20.3 Å². The normalized spacial score (nSPS) is 22.4. The maximum absolute atomic E-state index is 9.09. The summed E-state index contributed by atoms with van der Waals surface area (Å²) in [7, 11) is 0. The Morgan fingerprint density at radius 3 is 3.10 bits per heavy atom. The van der Waals surface area contributed by atoms with Crippen LogP contribution in [0.25, 0.3) is 5.95 Å². The maximum atomic E-state index is 9.09. The number of nitrogens with zero attached hydrogens (tertiary/aromatic N) is 4. The zero-order chi connectivity index (χ0) is 14.7. The summed E-state index contributed by atoms with van der Waals surface area (Å²) in [4.78, 5) is 12.9. The third-order valence-corrected chi connectivity index (χ3v) is 4.02. The Kier molecular flexibility index (Phi) is 4.48. The minimum Gasteiger partial charge on any atom is -0.396 e. The Balaban J connectivity index is 1.84. The first kappa shape index (κ1) is 14.4. The van der Waals surface area contributed by atoms with Gasteiger partial charge in [0.15, 0.2) is 0 Å². The van der Waals surface area contributed by atoms with E-state index in [1.165, 1.54) is 0 Å². The van der Waals surface area contributed by atoms with Gasteiger partial charge in [-0.1, -0.05) is 11.6 Å². The van der Waals surface area contributed by atoms with E-state index in [-0.39, 0.29) is 6.61 Å². The van der Waals surface area contributed by atoms with Gasteiger partial charge in [0.1, 0.15) is 11.5 Å². The average molecular weight is 308 g/mol. The highest BCUT2D eigenvalue weighted by Crippen LogP contribution is 2.29. The lowest BCUT2D eigenvalue weighted by atomic mass is 9.88. The SMILES string of the molecule is OCCC1CC(c2cc(Cl)nc(-n3ccnc3)n2)CCN1. The summed E-state index contributed by atoms with van der Waals surface area (Å²) in [5, 5.41) is 13.0. The number of rotatable bonds is 4. The van der Waals surface area contributed by atoms with Gasteiger partial charge in [0, 0.05) is 31.0 Å². The van der Waals surface area contributed by atoms with Crippen LogP contribution in [-0.4, -0.2) is 43.8 Å². The molecule has 0 radical (unpaired) electrons. The van der Waals surface area contributed by atoms with Gasteiger partial charge in [-0.3, -0.25) is 4.57 Å². The second-order valence-electron chi connectivity index (χ2n) is 5.27. The molecule has 0 aliphatic carbocycles. The largest absolute Gasteiger partial charge is 0.396 e. The van der Waals surface area contributed by atoms with Crippen LogP contribution < -0.4 is 5.32 Å². The molecule has 0 bridgehead atoms. The van der Waals surface area contributed by atoms with E-state index in [4.69, 9.17) is 16.7 Å². The Morgan fingerprint density at radius 1 is 1.43 bits per heavy atom. The number of piperidine rings is 1. The van der Waals surface area contributed by atoms with E-state index in [0.717, 1.165) is 31.5 Å². The molecule has 1 fully saturated rings. The van der Waals surface area contributed by atoms with Crippen LogP contribution in [0.4, 0.5) is 0 Å². The fourth-order valence-corrected chi connectivity index (χ4v) is 2.96. The lowest BCUT2D eigenvalue weighted by Crippen LogP contribution is -2.38. The van der Waals surface area contributed by atoms with Crippen LogP contribution in [-0.2, 0) is 0 Å². The Hall–Kier alpha value is -1.50. The molecule has 1 aliphatic rings. The quantitative estimate of drug-likeness (QED) is 0.838. The summed E-state index contributed by atoms with van der Waals surface area (Å²) in [5.74, 6) is 0.887. The summed E-state index contributed by atoms with van der Waals surface area (Å²) in [6.07, 6.45) is 7.88. The minimum absolute atomic E-state index is 0.204. The topological polar surface area (TPSA) is 75.9 Å². The molecule has 3 heterocycles. The molecule has 3 rings (SSSR count). The van der Waals surface area contributed by atoms with Gasteiger partial charge in [0.05, 0.1) is 5.69 Å². The van der Waals surface area contributed by atoms with Gasteiger partial charge in [-0.15, -0.1) is 0 Å². The first-order valence-corrected chi connectivity index (χ1v) is 7.51. The lowest BCUT2D eigenvalue weighted by Gasteiger charge is -2.29. The summed E-state index contributed by atoms with van der Waals surface area (Å²) in [6, 6.07) is 2.17. The maximum Gasteiger partial charge on any atom is 0.236 e. The van der Waals surface area contributed by atoms with Crippen molar-refractivity contribution in [3.05, 3.63) is 35.6 Å². The van der Waals surface area contributed by atoms with E-state index in [1.807, 2.05) is 6.07 Å². The second-order valence-corrected chi connectivity index (χ2v) is 5.66. The number of aliphatic hydroxyl groups excluding tert-OH is 1. The molecule has 6 nitrogen and oxygen atoms in total. The highest BCUT2D eigenvalue weighted by atomic mass is 35.5. The summed E-state index contributed by atoms with van der Waals surface area (Å²) in [5.41, 5.74) is 0.961. The van der Waals surface area contributed by atoms with Gasteiger partial charge in [-0.25, -0.2) is 15.0 Å². The first-order valence-electron chi connectivity index (χ1n) is 7.13. The van der Waals surface area contributed by atoms with Crippen molar-refractivity contribution < 1.29 is 5.11 Å². The molecule has 1 saturated heterocycles. The molecular formula is C14H18ClN5O. The molecule has 7 heteroatoms. The summed E-state index contributed by atoms with van der Waals surface area (Å²) in [6.45, 7) is 1.13. The van der Waals surface area contributed by atoms with Crippen molar-refractivity contribution in [2.45, 2.75) is 31.2 Å².